The van der Waals surface area contributed by atoms with Gasteiger partial charge in [-0.2, -0.15) is 0 Å². The first kappa shape index (κ1) is 22.7. The molecule has 3 aliphatic rings. The largest absolute Gasteiger partial charge is 0.495 e. The van der Waals surface area contributed by atoms with Crippen molar-refractivity contribution in [2.75, 3.05) is 25.1 Å². The lowest BCUT2D eigenvalue weighted by Crippen LogP contribution is -2.37. The van der Waals surface area contributed by atoms with Crippen molar-refractivity contribution in [2.24, 2.45) is 11.3 Å². The first-order valence-corrected chi connectivity index (χ1v) is 12.2. The van der Waals surface area contributed by atoms with Gasteiger partial charge in [-0.1, -0.05) is 20.3 Å². The lowest BCUT2D eigenvalue weighted by atomic mass is 9.72. The van der Waals surface area contributed by atoms with E-state index in [0.717, 1.165) is 67.7 Å². The third-order valence-electron chi connectivity index (χ3n) is 8.14. The molecule has 1 saturated carbocycles. The minimum absolute atomic E-state index is 0.0345. The highest BCUT2D eigenvalue weighted by Crippen LogP contribution is 2.47. The van der Waals surface area contributed by atoms with E-state index in [-0.39, 0.29) is 22.9 Å². The van der Waals surface area contributed by atoms with E-state index in [0.29, 0.717) is 18.0 Å². The van der Waals surface area contributed by atoms with Crippen molar-refractivity contribution >= 4 is 17.4 Å². The van der Waals surface area contributed by atoms with Crippen molar-refractivity contribution in [3.05, 3.63) is 45.7 Å². The minimum Gasteiger partial charge on any atom is -0.495 e. The molecule has 0 amide bonds. The third-order valence-corrected chi connectivity index (χ3v) is 8.14. The van der Waals surface area contributed by atoms with Crippen molar-refractivity contribution in [1.82, 2.24) is 4.57 Å². The van der Waals surface area contributed by atoms with Crippen molar-refractivity contribution in [2.45, 2.75) is 58.4 Å². The van der Waals surface area contributed by atoms with Crippen LogP contribution in [0.5, 0.6) is 5.75 Å². The summed E-state index contributed by atoms with van der Waals surface area (Å²) in [5, 5.41) is 9.49. The van der Waals surface area contributed by atoms with Crippen LogP contribution in [0, 0.1) is 11.3 Å². The summed E-state index contributed by atoms with van der Waals surface area (Å²) in [7, 11) is 1.64. The number of nitrogens with zero attached hydrogens (tertiary/aromatic N) is 2. The highest BCUT2D eigenvalue weighted by molar-refractivity contribution is 5.88. The maximum atomic E-state index is 12.8. The fourth-order valence-corrected chi connectivity index (χ4v) is 6.17. The van der Waals surface area contributed by atoms with E-state index in [4.69, 9.17) is 4.74 Å². The van der Waals surface area contributed by atoms with E-state index in [9.17, 15) is 19.5 Å². The van der Waals surface area contributed by atoms with E-state index in [1.54, 1.807) is 7.11 Å². The van der Waals surface area contributed by atoms with Crippen LogP contribution in [0.3, 0.4) is 0 Å². The number of pyridine rings is 1. The number of Topliss-reactive ketones (excluding diaryl/α,β-unsaturated/α-hetero) is 1. The maximum absolute atomic E-state index is 12.8. The quantitative estimate of drug-likeness (QED) is 0.725. The number of hydrogen-bond acceptors (Lipinski definition) is 5. The summed E-state index contributed by atoms with van der Waals surface area (Å²) >= 11 is 0. The van der Waals surface area contributed by atoms with Crippen LogP contribution < -0.4 is 15.1 Å². The van der Waals surface area contributed by atoms with E-state index in [2.05, 4.69) is 24.8 Å². The molecule has 2 aliphatic heterocycles. The molecule has 1 saturated heterocycles. The second kappa shape index (κ2) is 8.29. The van der Waals surface area contributed by atoms with E-state index in [1.165, 1.54) is 12.3 Å². The predicted octanol–water partition coefficient (Wildman–Crippen LogP) is 4.31. The third kappa shape index (κ3) is 3.53. The Bertz CT molecular complexity index is 1230. The zero-order valence-corrected chi connectivity index (χ0v) is 20.1. The summed E-state index contributed by atoms with van der Waals surface area (Å²) in [4.78, 5) is 39.3. The Hall–Kier alpha value is -3.09. The molecule has 7 nitrogen and oxygen atoms in total. The number of carboxylic acid groups (broad SMARTS) is 1. The first-order valence-electron chi connectivity index (χ1n) is 12.2. The Morgan fingerprint density at radius 2 is 1.97 bits per heavy atom. The van der Waals surface area contributed by atoms with E-state index in [1.807, 2.05) is 10.6 Å². The number of methoxy groups -OCH3 is 1. The number of benzene rings is 1. The molecule has 180 valence electrons. The molecule has 7 heteroatoms. The fourth-order valence-electron chi connectivity index (χ4n) is 6.17. The number of fused-ring (bicyclic) bond motifs is 3. The molecule has 0 bridgehead atoms. The van der Waals surface area contributed by atoms with Crippen LogP contribution in [0.2, 0.25) is 0 Å². The number of carbonyl (C=O) groups excluding carboxylic acids is 1. The van der Waals surface area contributed by atoms with Crippen molar-refractivity contribution < 1.29 is 19.4 Å². The number of hydrogen-bond donors (Lipinski definition) is 1. The second-order valence-corrected chi connectivity index (χ2v) is 10.4. The molecule has 2 aromatic rings. The molecule has 1 spiro atoms. The first-order chi connectivity index (χ1) is 16.2. The number of ketones is 1. The lowest BCUT2D eigenvalue weighted by molar-refractivity contribution is -0.130. The molecule has 5 rings (SSSR count). The van der Waals surface area contributed by atoms with Gasteiger partial charge in [0.15, 0.2) is 5.43 Å². The van der Waals surface area contributed by atoms with E-state index < -0.39 is 11.4 Å². The molecule has 1 N–H and O–H groups in total. The van der Waals surface area contributed by atoms with Crippen LogP contribution in [-0.2, 0) is 11.2 Å². The van der Waals surface area contributed by atoms with Gasteiger partial charge >= 0.3 is 5.97 Å². The van der Waals surface area contributed by atoms with Crippen LogP contribution in [-0.4, -0.2) is 41.6 Å². The highest BCUT2D eigenvalue weighted by Gasteiger charge is 2.45. The molecular formula is C27H32N2O5. The monoisotopic (exact) mass is 464 g/mol. The Kier molecular flexibility index (Phi) is 5.53. The predicted molar refractivity (Wildman–Crippen MR) is 130 cm³/mol. The molecule has 0 radical (unpaired) electrons. The molecule has 2 fully saturated rings. The maximum Gasteiger partial charge on any atom is 0.341 e. The van der Waals surface area contributed by atoms with Gasteiger partial charge in [0.05, 0.1) is 18.5 Å². The minimum atomic E-state index is -1.21. The fraction of sp³-hybridized carbons (Fsp3) is 0.519. The molecule has 34 heavy (non-hydrogen) atoms. The summed E-state index contributed by atoms with van der Waals surface area (Å²) in [5.41, 5.74) is 2.81. The summed E-state index contributed by atoms with van der Waals surface area (Å²) < 4.78 is 7.75. The Labute approximate surface area is 199 Å². The van der Waals surface area contributed by atoms with Gasteiger partial charge in [0.2, 0.25) is 0 Å². The van der Waals surface area contributed by atoms with Crippen LogP contribution in [0.4, 0.5) is 5.69 Å². The topological polar surface area (TPSA) is 88.8 Å². The van der Waals surface area contributed by atoms with Gasteiger partial charge in [0, 0.05) is 48.8 Å². The normalized spacial score (nSPS) is 23.8. The zero-order valence-electron chi connectivity index (χ0n) is 20.1. The van der Waals surface area contributed by atoms with Gasteiger partial charge in [-0.05, 0) is 49.3 Å². The summed E-state index contributed by atoms with van der Waals surface area (Å²) in [6.45, 7) is 5.78. The number of aromatic nitrogens is 1. The van der Waals surface area contributed by atoms with Gasteiger partial charge in [-0.25, -0.2) is 4.79 Å². The summed E-state index contributed by atoms with van der Waals surface area (Å²) in [5.74, 6) is 0.155. The number of carbonyl (C=O) groups is 2. The van der Waals surface area contributed by atoms with Gasteiger partial charge in [-0.15, -0.1) is 0 Å². The van der Waals surface area contributed by atoms with Crippen molar-refractivity contribution in [3.8, 4) is 17.0 Å². The van der Waals surface area contributed by atoms with Gasteiger partial charge in [0.25, 0.3) is 0 Å². The van der Waals surface area contributed by atoms with Gasteiger partial charge in [-0.3, -0.25) is 9.59 Å². The molecule has 1 aromatic carbocycles. The average molecular weight is 465 g/mol. The highest BCUT2D eigenvalue weighted by atomic mass is 16.5. The summed E-state index contributed by atoms with van der Waals surface area (Å²) in [6.07, 6.45) is 6.88. The summed E-state index contributed by atoms with van der Waals surface area (Å²) in [6, 6.07) is 5.61. The Balaban J connectivity index is 1.60. The number of anilines is 1. The van der Waals surface area contributed by atoms with Crippen LogP contribution in [0.1, 0.15) is 67.9 Å². The van der Waals surface area contributed by atoms with Crippen LogP contribution >= 0.6 is 0 Å². The van der Waals surface area contributed by atoms with Gasteiger partial charge < -0.3 is 19.3 Å². The van der Waals surface area contributed by atoms with Crippen molar-refractivity contribution in [1.29, 1.82) is 0 Å². The molecule has 2 unspecified atom stereocenters. The smallest absolute Gasteiger partial charge is 0.341 e. The lowest BCUT2D eigenvalue weighted by Gasteiger charge is -2.35. The standard InChI is InChI=1S/C27H32N2O5/c1-16(2)20-10-17-11-22(28-9-8-27(15-28)7-5-4-6-25(27)31)24(34-3)12-18(17)21-13-23(30)19(26(32)33)14-29(20)21/h11-14,16,20H,4-10,15H2,1-3H3,(H,32,33). The van der Waals surface area contributed by atoms with Gasteiger partial charge in [0.1, 0.15) is 17.1 Å². The average Bonchev–Trinajstić information content (AvgIpc) is 3.23. The number of aromatic carboxylic acids is 1. The number of rotatable bonds is 4. The number of ether oxygens (including phenoxy) is 1. The SMILES string of the molecule is COc1cc2c(cc1N1CCC3(CCCCC3=O)C1)CC(C(C)C)n1cc(C(=O)O)c(=O)cc1-2. The molecule has 1 aromatic heterocycles. The second-order valence-electron chi connectivity index (χ2n) is 10.4. The van der Waals surface area contributed by atoms with Crippen LogP contribution in [0.25, 0.3) is 11.3 Å². The van der Waals surface area contributed by atoms with E-state index >= 15 is 0 Å². The molecule has 1 aliphatic carbocycles. The Morgan fingerprint density at radius 3 is 2.65 bits per heavy atom. The Morgan fingerprint density at radius 1 is 1.18 bits per heavy atom. The van der Waals surface area contributed by atoms with Crippen molar-refractivity contribution in [3.63, 3.8) is 0 Å². The number of carboxylic acids is 1. The molecular weight excluding hydrogens is 432 g/mol. The van der Waals surface area contributed by atoms with Crippen LogP contribution in [0.15, 0.2) is 29.2 Å². The molecule has 3 heterocycles. The molecule has 2 atom stereocenters. The zero-order chi connectivity index (χ0) is 24.2.